The van der Waals surface area contributed by atoms with Crippen LogP contribution in [0.5, 0.6) is 0 Å². The molecule has 3 rings (SSSR count). The number of pyridine rings is 1. The number of hydrogen-bond donors (Lipinski definition) is 0. The van der Waals surface area contributed by atoms with Crippen molar-refractivity contribution in [2.24, 2.45) is 0 Å². The van der Waals surface area contributed by atoms with Gasteiger partial charge in [0.05, 0.1) is 0 Å². The predicted octanol–water partition coefficient (Wildman–Crippen LogP) is 1.46. The highest BCUT2D eigenvalue weighted by molar-refractivity contribution is 5.46. The molecule has 0 aromatic carbocycles. The van der Waals surface area contributed by atoms with Crippen molar-refractivity contribution in [3.8, 4) is 6.07 Å². The summed E-state index contributed by atoms with van der Waals surface area (Å²) < 4.78 is 0. The molecule has 21 heavy (non-hydrogen) atoms. The van der Waals surface area contributed by atoms with E-state index >= 15 is 0 Å². The minimum atomic E-state index is 0.354. The van der Waals surface area contributed by atoms with Gasteiger partial charge in [-0.2, -0.15) is 5.26 Å². The maximum atomic E-state index is 8.77. The van der Waals surface area contributed by atoms with Crippen LogP contribution in [0.2, 0.25) is 0 Å². The van der Waals surface area contributed by atoms with E-state index in [4.69, 9.17) is 5.26 Å². The average Bonchev–Trinajstić information content (AvgIpc) is 2.82. The van der Waals surface area contributed by atoms with E-state index in [2.05, 4.69) is 25.0 Å². The van der Waals surface area contributed by atoms with Crippen molar-refractivity contribution in [2.45, 2.75) is 6.42 Å². The van der Waals surface area contributed by atoms with Crippen LogP contribution in [0.1, 0.15) is 12.1 Å². The van der Waals surface area contributed by atoms with E-state index in [0.29, 0.717) is 5.69 Å². The van der Waals surface area contributed by atoms with Crippen LogP contribution in [0.3, 0.4) is 0 Å². The van der Waals surface area contributed by atoms with E-state index in [0.717, 1.165) is 38.4 Å². The third-order valence-corrected chi connectivity index (χ3v) is 3.61. The fourth-order valence-corrected chi connectivity index (χ4v) is 2.51. The molecule has 0 atom stereocenters. The van der Waals surface area contributed by atoms with Crippen LogP contribution < -0.4 is 9.80 Å². The lowest BCUT2D eigenvalue weighted by atomic mass is 10.3. The molecule has 1 saturated heterocycles. The Morgan fingerprint density at radius 1 is 0.905 bits per heavy atom. The Hall–Kier alpha value is -2.68. The third kappa shape index (κ3) is 3.08. The van der Waals surface area contributed by atoms with Crippen molar-refractivity contribution in [3.05, 3.63) is 42.4 Å². The van der Waals surface area contributed by atoms with Gasteiger partial charge in [-0.1, -0.05) is 0 Å². The summed E-state index contributed by atoms with van der Waals surface area (Å²) in [7, 11) is 0. The van der Waals surface area contributed by atoms with Crippen LogP contribution in [-0.2, 0) is 0 Å². The maximum absolute atomic E-state index is 8.77. The van der Waals surface area contributed by atoms with Crippen molar-refractivity contribution >= 4 is 11.5 Å². The van der Waals surface area contributed by atoms with Crippen LogP contribution in [0.15, 0.2) is 36.7 Å². The van der Waals surface area contributed by atoms with Crippen molar-refractivity contribution in [3.63, 3.8) is 0 Å². The largest absolute Gasteiger partial charge is 0.370 e. The van der Waals surface area contributed by atoms with Gasteiger partial charge in [-0.25, -0.2) is 0 Å². The Bertz CT molecular complexity index is 619. The molecule has 0 N–H and O–H groups in total. The number of aromatic nitrogens is 3. The van der Waals surface area contributed by atoms with Crippen molar-refractivity contribution in [1.29, 1.82) is 5.26 Å². The smallest absolute Gasteiger partial charge is 0.163 e. The third-order valence-electron chi connectivity index (χ3n) is 3.61. The number of anilines is 2. The lowest BCUT2D eigenvalue weighted by Crippen LogP contribution is -2.31. The molecule has 3 heterocycles. The first-order chi connectivity index (χ1) is 10.4. The van der Waals surface area contributed by atoms with Gasteiger partial charge in [0.25, 0.3) is 0 Å². The number of rotatable bonds is 2. The number of nitrogens with zero attached hydrogens (tertiary/aromatic N) is 6. The molecule has 0 saturated carbocycles. The van der Waals surface area contributed by atoms with Crippen LogP contribution in [-0.4, -0.2) is 41.4 Å². The zero-order valence-corrected chi connectivity index (χ0v) is 11.7. The summed E-state index contributed by atoms with van der Waals surface area (Å²) in [5.41, 5.74) is 1.56. The van der Waals surface area contributed by atoms with Gasteiger partial charge in [0.1, 0.15) is 6.07 Å². The standard InChI is InChI=1S/C15H16N6/c16-12-13-2-3-15(19-18-13)21-9-1-8-20(10-11-21)14-4-6-17-7-5-14/h2-7H,1,8-11H2. The van der Waals surface area contributed by atoms with E-state index in [-0.39, 0.29) is 0 Å². The van der Waals surface area contributed by atoms with Gasteiger partial charge in [0, 0.05) is 44.3 Å². The Kier molecular flexibility index (Phi) is 3.92. The zero-order chi connectivity index (χ0) is 14.5. The van der Waals surface area contributed by atoms with E-state index in [9.17, 15) is 0 Å². The highest BCUT2D eigenvalue weighted by Crippen LogP contribution is 2.17. The first-order valence-electron chi connectivity index (χ1n) is 7.00. The topological polar surface area (TPSA) is 68.9 Å². The van der Waals surface area contributed by atoms with Crippen LogP contribution >= 0.6 is 0 Å². The summed E-state index contributed by atoms with van der Waals surface area (Å²) >= 11 is 0. The number of nitriles is 1. The molecule has 1 fully saturated rings. The molecule has 0 spiro atoms. The molecule has 6 heteroatoms. The van der Waals surface area contributed by atoms with Crippen molar-refractivity contribution in [2.75, 3.05) is 36.0 Å². The SMILES string of the molecule is N#Cc1ccc(N2CCCN(c3ccncc3)CC2)nn1. The highest BCUT2D eigenvalue weighted by Gasteiger charge is 2.16. The van der Waals surface area contributed by atoms with Gasteiger partial charge in [-0.15, -0.1) is 10.2 Å². The molecule has 0 unspecified atom stereocenters. The second-order valence-electron chi connectivity index (χ2n) is 4.92. The molecule has 106 valence electrons. The Morgan fingerprint density at radius 2 is 1.67 bits per heavy atom. The maximum Gasteiger partial charge on any atom is 0.163 e. The zero-order valence-electron chi connectivity index (χ0n) is 11.7. The molecule has 0 bridgehead atoms. The van der Waals surface area contributed by atoms with Gasteiger partial charge in [0.15, 0.2) is 11.5 Å². The fraction of sp³-hybridized carbons (Fsp3) is 0.333. The van der Waals surface area contributed by atoms with Crippen LogP contribution in [0.4, 0.5) is 11.5 Å². The summed E-state index contributed by atoms with van der Waals surface area (Å²) in [6.45, 7) is 3.79. The Morgan fingerprint density at radius 3 is 2.38 bits per heavy atom. The summed E-state index contributed by atoms with van der Waals surface area (Å²) in [5.74, 6) is 0.838. The molecule has 0 amide bonds. The van der Waals surface area contributed by atoms with Crippen LogP contribution in [0, 0.1) is 11.3 Å². The van der Waals surface area contributed by atoms with E-state index in [1.165, 1.54) is 5.69 Å². The summed E-state index contributed by atoms with van der Waals surface area (Å²) in [5, 5.41) is 16.8. The Labute approximate surface area is 123 Å². The highest BCUT2D eigenvalue weighted by atomic mass is 15.3. The summed E-state index contributed by atoms with van der Waals surface area (Å²) in [6.07, 6.45) is 4.71. The van der Waals surface area contributed by atoms with Gasteiger partial charge in [0.2, 0.25) is 0 Å². The summed E-state index contributed by atoms with van der Waals surface area (Å²) in [4.78, 5) is 8.64. The molecular weight excluding hydrogens is 264 g/mol. The minimum Gasteiger partial charge on any atom is -0.370 e. The Balaban J connectivity index is 1.69. The predicted molar refractivity (Wildman–Crippen MR) is 80.0 cm³/mol. The molecular formula is C15H16N6. The van der Waals surface area contributed by atoms with E-state index in [1.807, 2.05) is 36.7 Å². The van der Waals surface area contributed by atoms with Gasteiger partial charge < -0.3 is 9.80 Å². The second-order valence-corrected chi connectivity index (χ2v) is 4.92. The van der Waals surface area contributed by atoms with Gasteiger partial charge >= 0.3 is 0 Å². The molecule has 2 aromatic rings. The first kappa shape index (κ1) is 13.3. The quantitative estimate of drug-likeness (QED) is 0.829. The molecule has 2 aromatic heterocycles. The fourth-order valence-electron chi connectivity index (χ4n) is 2.51. The monoisotopic (exact) mass is 280 g/mol. The lowest BCUT2D eigenvalue weighted by molar-refractivity contribution is 0.785. The van der Waals surface area contributed by atoms with Crippen molar-refractivity contribution < 1.29 is 0 Å². The van der Waals surface area contributed by atoms with Crippen LogP contribution in [0.25, 0.3) is 0 Å². The van der Waals surface area contributed by atoms with Crippen molar-refractivity contribution in [1.82, 2.24) is 15.2 Å². The second kappa shape index (κ2) is 6.18. The van der Waals surface area contributed by atoms with E-state index < -0.39 is 0 Å². The summed E-state index contributed by atoms with van der Waals surface area (Å²) in [6, 6.07) is 9.65. The average molecular weight is 280 g/mol. The van der Waals surface area contributed by atoms with Gasteiger partial charge in [-0.05, 0) is 30.7 Å². The van der Waals surface area contributed by atoms with Gasteiger partial charge in [-0.3, -0.25) is 4.98 Å². The number of hydrogen-bond acceptors (Lipinski definition) is 6. The molecule has 6 nitrogen and oxygen atoms in total. The lowest BCUT2D eigenvalue weighted by Gasteiger charge is -2.23. The molecule has 1 aliphatic rings. The molecule has 0 radical (unpaired) electrons. The molecule has 0 aliphatic carbocycles. The minimum absolute atomic E-state index is 0.354. The molecule has 1 aliphatic heterocycles. The van der Waals surface area contributed by atoms with E-state index in [1.54, 1.807) is 6.07 Å². The first-order valence-corrected chi connectivity index (χ1v) is 7.00. The normalized spacial score (nSPS) is 15.4.